The van der Waals surface area contributed by atoms with Gasteiger partial charge in [-0.3, -0.25) is 4.79 Å². The maximum absolute atomic E-state index is 11.8. The Bertz CT molecular complexity index is 253. The Balaban J connectivity index is 2.29. The SMILES string of the molecule is CCNC(CCN1CCC(OC)CC1)C(=O)OCC. The predicted octanol–water partition coefficient (Wildman–Crippen LogP) is 1.03. The number of carbonyl (C=O) groups excluding carboxylic acids is 1. The number of esters is 1. The van der Waals surface area contributed by atoms with Crippen LogP contribution in [0.5, 0.6) is 0 Å². The van der Waals surface area contributed by atoms with Gasteiger partial charge < -0.3 is 19.7 Å². The third-order valence-electron chi connectivity index (χ3n) is 3.62. The molecule has 5 heteroatoms. The summed E-state index contributed by atoms with van der Waals surface area (Å²) in [5.41, 5.74) is 0. The minimum atomic E-state index is -0.176. The van der Waals surface area contributed by atoms with Crippen molar-refractivity contribution in [2.45, 2.75) is 45.3 Å². The molecule has 1 saturated heterocycles. The van der Waals surface area contributed by atoms with Gasteiger partial charge in [-0.25, -0.2) is 0 Å². The molecule has 0 aromatic rings. The molecule has 0 bridgehead atoms. The van der Waals surface area contributed by atoms with E-state index in [-0.39, 0.29) is 12.0 Å². The van der Waals surface area contributed by atoms with Crippen LogP contribution < -0.4 is 5.32 Å². The Morgan fingerprint density at radius 3 is 2.58 bits per heavy atom. The third-order valence-corrected chi connectivity index (χ3v) is 3.62. The van der Waals surface area contributed by atoms with Crippen LogP contribution in [0.25, 0.3) is 0 Å². The van der Waals surface area contributed by atoms with E-state index in [0.717, 1.165) is 45.4 Å². The highest BCUT2D eigenvalue weighted by atomic mass is 16.5. The van der Waals surface area contributed by atoms with Gasteiger partial charge in [0, 0.05) is 26.7 Å². The molecular formula is C14H28N2O3. The average Bonchev–Trinajstić information content (AvgIpc) is 2.44. The van der Waals surface area contributed by atoms with Crippen LogP contribution in [0.1, 0.15) is 33.1 Å². The standard InChI is InChI=1S/C14H28N2O3/c1-4-15-13(14(17)19-5-2)8-11-16-9-6-12(18-3)7-10-16/h12-13,15H,4-11H2,1-3H3. The fraction of sp³-hybridized carbons (Fsp3) is 0.929. The lowest BCUT2D eigenvalue weighted by molar-refractivity contribution is -0.146. The Kier molecular flexibility index (Phi) is 8.02. The van der Waals surface area contributed by atoms with Crippen LogP contribution in [0.15, 0.2) is 0 Å². The van der Waals surface area contributed by atoms with Gasteiger partial charge in [-0.2, -0.15) is 0 Å². The van der Waals surface area contributed by atoms with E-state index >= 15 is 0 Å². The number of hydrogen-bond donors (Lipinski definition) is 1. The summed E-state index contributed by atoms with van der Waals surface area (Å²) in [7, 11) is 1.78. The molecule has 112 valence electrons. The maximum atomic E-state index is 11.8. The molecule has 1 N–H and O–H groups in total. The highest BCUT2D eigenvalue weighted by Gasteiger charge is 2.22. The molecule has 1 rings (SSSR count). The van der Waals surface area contributed by atoms with E-state index in [0.29, 0.717) is 12.7 Å². The molecule has 0 saturated carbocycles. The van der Waals surface area contributed by atoms with Crippen molar-refractivity contribution in [3.8, 4) is 0 Å². The number of rotatable bonds is 8. The number of likely N-dealkylation sites (N-methyl/N-ethyl adjacent to an activating group) is 1. The maximum Gasteiger partial charge on any atom is 0.323 e. The summed E-state index contributed by atoms with van der Waals surface area (Å²) in [5.74, 6) is -0.129. The molecule has 0 aromatic carbocycles. The quantitative estimate of drug-likeness (QED) is 0.669. The van der Waals surface area contributed by atoms with Gasteiger partial charge in [0.15, 0.2) is 0 Å². The van der Waals surface area contributed by atoms with E-state index in [1.807, 2.05) is 13.8 Å². The second kappa shape index (κ2) is 9.28. The van der Waals surface area contributed by atoms with E-state index < -0.39 is 0 Å². The molecule has 19 heavy (non-hydrogen) atoms. The van der Waals surface area contributed by atoms with E-state index in [4.69, 9.17) is 9.47 Å². The van der Waals surface area contributed by atoms with Crippen LogP contribution in [0, 0.1) is 0 Å². The Hall–Kier alpha value is -0.650. The molecule has 0 aliphatic carbocycles. The van der Waals surface area contributed by atoms with Crippen molar-refractivity contribution in [1.82, 2.24) is 10.2 Å². The van der Waals surface area contributed by atoms with Crippen molar-refractivity contribution in [1.29, 1.82) is 0 Å². The first kappa shape index (κ1) is 16.4. The molecule has 1 atom stereocenters. The Morgan fingerprint density at radius 2 is 2.05 bits per heavy atom. The van der Waals surface area contributed by atoms with Gasteiger partial charge in [-0.1, -0.05) is 6.92 Å². The zero-order valence-corrected chi connectivity index (χ0v) is 12.5. The lowest BCUT2D eigenvalue weighted by Gasteiger charge is -2.31. The summed E-state index contributed by atoms with van der Waals surface area (Å²) in [6.45, 7) is 8.13. The van der Waals surface area contributed by atoms with Crippen LogP contribution in [0.3, 0.4) is 0 Å². The monoisotopic (exact) mass is 272 g/mol. The van der Waals surface area contributed by atoms with Crippen molar-refractivity contribution in [3.05, 3.63) is 0 Å². The van der Waals surface area contributed by atoms with E-state index in [1.54, 1.807) is 7.11 Å². The molecule has 0 radical (unpaired) electrons. The summed E-state index contributed by atoms with van der Waals surface area (Å²) in [6.07, 6.45) is 3.39. The van der Waals surface area contributed by atoms with Gasteiger partial charge in [0.2, 0.25) is 0 Å². The normalized spacial score (nSPS) is 19.3. The fourth-order valence-corrected chi connectivity index (χ4v) is 2.47. The largest absolute Gasteiger partial charge is 0.465 e. The van der Waals surface area contributed by atoms with Gasteiger partial charge >= 0.3 is 5.97 Å². The first-order valence-corrected chi connectivity index (χ1v) is 7.36. The highest BCUT2D eigenvalue weighted by molar-refractivity contribution is 5.75. The zero-order valence-electron chi connectivity index (χ0n) is 12.5. The number of ether oxygens (including phenoxy) is 2. The highest BCUT2D eigenvalue weighted by Crippen LogP contribution is 2.13. The van der Waals surface area contributed by atoms with Gasteiger partial charge in [-0.15, -0.1) is 0 Å². The summed E-state index contributed by atoms with van der Waals surface area (Å²) in [4.78, 5) is 14.2. The molecule has 5 nitrogen and oxygen atoms in total. The smallest absolute Gasteiger partial charge is 0.323 e. The number of nitrogens with one attached hydrogen (secondary N) is 1. The van der Waals surface area contributed by atoms with E-state index in [2.05, 4.69) is 10.2 Å². The summed E-state index contributed by atoms with van der Waals surface area (Å²) < 4.78 is 10.5. The molecule has 0 amide bonds. The van der Waals surface area contributed by atoms with Crippen molar-refractivity contribution in [3.63, 3.8) is 0 Å². The predicted molar refractivity (Wildman–Crippen MR) is 75.2 cm³/mol. The molecule has 1 aliphatic heterocycles. The number of nitrogens with zero attached hydrogens (tertiary/aromatic N) is 1. The topological polar surface area (TPSA) is 50.8 Å². The number of likely N-dealkylation sites (tertiary alicyclic amines) is 1. The van der Waals surface area contributed by atoms with Crippen LogP contribution in [-0.4, -0.2) is 62.9 Å². The van der Waals surface area contributed by atoms with Crippen LogP contribution >= 0.6 is 0 Å². The minimum absolute atomic E-state index is 0.129. The van der Waals surface area contributed by atoms with Gasteiger partial charge in [0.05, 0.1) is 12.7 Å². The lowest BCUT2D eigenvalue weighted by atomic mass is 10.1. The van der Waals surface area contributed by atoms with Crippen LogP contribution in [0.2, 0.25) is 0 Å². The molecular weight excluding hydrogens is 244 g/mol. The average molecular weight is 272 g/mol. The van der Waals surface area contributed by atoms with E-state index in [9.17, 15) is 4.79 Å². The van der Waals surface area contributed by atoms with Gasteiger partial charge in [0.1, 0.15) is 6.04 Å². The van der Waals surface area contributed by atoms with Crippen molar-refractivity contribution in [2.75, 3.05) is 39.9 Å². The van der Waals surface area contributed by atoms with E-state index in [1.165, 1.54) is 0 Å². The summed E-state index contributed by atoms with van der Waals surface area (Å²) in [5, 5.41) is 3.20. The molecule has 1 aliphatic rings. The van der Waals surface area contributed by atoms with Crippen molar-refractivity contribution < 1.29 is 14.3 Å². The number of methoxy groups -OCH3 is 1. The van der Waals surface area contributed by atoms with Gasteiger partial charge in [-0.05, 0) is 32.7 Å². The summed E-state index contributed by atoms with van der Waals surface area (Å²) >= 11 is 0. The van der Waals surface area contributed by atoms with Crippen molar-refractivity contribution >= 4 is 5.97 Å². The summed E-state index contributed by atoms with van der Waals surface area (Å²) in [6, 6.07) is -0.176. The van der Waals surface area contributed by atoms with Crippen molar-refractivity contribution in [2.24, 2.45) is 0 Å². The Labute approximate surface area is 116 Å². The molecule has 1 heterocycles. The molecule has 0 aromatic heterocycles. The molecule has 1 unspecified atom stereocenters. The molecule has 0 spiro atoms. The second-order valence-electron chi connectivity index (χ2n) is 4.93. The zero-order chi connectivity index (χ0) is 14.1. The number of hydrogen-bond acceptors (Lipinski definition) is 5. The number of piperidine rings is 1. The van der Waals surface area contributed by atoms with Crippen LogP contribution in [0.4, 0.5) is 0 Å². The number of carbonyl (C=O) groups is 1. The lowest BCUT2D eigenvalue weighted by Crippen LogP contribution is -2.43. The minimum Gasteiger partial charge on any atom is -0.465 e. The molecule has 1 fully saturated rings. The first-order chi connectivity index (χ1) is 9.21. The fourth-order valence-electron chi connectivity index (χ4n) is 2.47. The van der Waals surface area contributed by atoms with Gasteiger partial charge in [0.25, 0.3) is 0 Å². The first-order valence-electron chi connectivity index (χ1n) is 7.36. The second-order valence-corrected chi connectivity index (χ2v) is 4.93. The van der Waals surface area contributed by atoms with Crippen LogP contribution in [-0.2, 0) is 14.3 Å². The third kappa shape index (κ3) is 5.89. The Morgan fingerprint density at radius 1 is 1.37 bits per heavy atom.